The molecule has 2 fully saturated rings. The molecule has 1 aromatic heterocycles. The van der Waals surface area contributed by atoms with Crippen LogP contribution in [-0.2, 0) is 16.0 Å². The second kappa shape index (κ2) is 8.79. The van der Waals surface area contributed by atoms with Crippen molar-refractivity contribution in [2.24, 2.45) is 0 Å². The van der Waals surface area contributed by atoms with Gasteiger partial charge in [-0.05, 0) is 25.6 Å². The van der Waals surface area contributed by atoms with Crippen LogP contribution in [0.5, 0.6) is 0 Å². The average molecular weight is 481 g/mol. The van der Waals surface area contributed by atoms with E-state index in [4.69, 9.17) is 5.26 Å². The van der Waals surface area contributed by atoms with Gasteiger partial charge in [0.05, 0.1) is 15.8 Å². The lowest BCUT2D eigenvalue weighted by molar-refractivity contribution is -0.141. The molecule has 0 spiro atoms. The van der Waals surface area contributed by atoms with Crippen LogP contribution in [-0.4, -0.2) is 74.9 Å². The molecule has 1 atom stereocenters. The summed E-state index contributed by atoms with van der Waals surface area (Å²) in [7, 11) is -1.74. The first-order valence-electron chi connectivity index (χ1n) is 10.5. The number of anilines is 2. The Morgan fingerprint density at radius 1 is 1.06 bits per heavy atom. The van der Waals surface area contributed by atoms with E-state index < -0.39 is 32.8 Å². The summed E-state index contributed by atoms with van der Waals surface area (Å²) < 4.78 is 66.7. The Morgan fingerprint density at radius 2 is 1.76 bits per heavy atom. The van der Waals surface area contributed by atoms with Crippen LogP contribution in [0, 0.1) is 11.3 Å². The molecule has 1 aromatic carbocycles. The van der Waals surface area contributed by atoms with Crippen LogP contribution in [0.25, 0.3) is 0 Å². The zero-order chi connectivity index (χ0) is 23.8. The predicted molar refractivity (Wildman–Crippen MR) is 116 cm³/mol. The predicted octanol–water partition coefficient (Wildman–Crippen LogP) is 2.17. The van der Waals surface area contributed by atoms with Gasteiger partial charge in [0.2, 0.25) is 5.82 Å². The fourth-order valence-electron chi connectivity index (χ4n) is 4.17. The van der Waals surface area contributed by atoms with E-state index in [1.54, 1.807) is 30.3 Å². The van der Waals surface area contributed by atoms with Crippen molar-refractivity contribution in [3.63, 3.8) is 0 Å². The van der Waals surface area contributed by atoms with Crippen LogP contribution in [0.3, 0.4) is 0 Å². The highest BCUT2D eigenvalue weighted by Crippen LogP contribution is 2.34. The van der Waals surface area contributed by atoms with Gasteiger partial charge in [-0.3, -0.25) is 0 Å². The average Bonchev–Trinajstić information content (AvgIpc) is 3.30. The van der Waals surface area contributed by atoms with Gasteiger partial charge in [-0.1, -0.05) is 12.1 Å². The smallest absolute Gasteiger partial charge is 0.368 e. The van der Waals surface area contributed by atoms with Crippen molar-refractivity contribution in [3.05, 3.63) is 41.9 Å². The van der Waals surface area contributed by atoms with E-state index in [1.807, 2.05) is 7.05 Å². The lowest BCUT2D eigenvalue weighted by Gasteiger charge is -2.35. The number of para-hydroxylation sites is 1. The molecule has 0 amide bonds. The molecular weight excluding hydrogens is 457 g/mol. The maximum absolute atomic E-state index is 13.6. The van der Waals surface area contributed by atoms with Crippen molar-refractivity contribution in [2.45, 2.75) is 22.7 Å². The number of piperazine rings is 1. The van der Waals surface area contributed by atoms with Crippen molar-refractivity contribution in [3.8, 4) is 6.07 Å². The zero-order valence-corrected chi connectivity index (χ0v) is 18.8. The summed E-state index contributed by atoms with van der Waals surface area (Å²) in [6.45, 7) is 3.25. The van der Waals surface area contributed by atoms with E-state index >= 15 is 0 Å². The lowest BCUT2D eigenvalue weighted by Crippen LogP contribution is -2.45. The van der Waals surface area contributed by atoms with Gasteiger partial charge < -0.3 is 14.7 Å². The molecule has 4 rings (SSSR count). The quantitative estimate of drug-likeness (QED) is 0.658. The third-order valence-electron chi connectivity index (χ3n) is 6.03. The number of benzene rings is 1. The second-order valence-corrected chi connectivity index (χ2v) is 10.4. The van der Waals surface area contributed by atoms with Crippen LogP contribution >= 0.6 is 0 Å². The monoisotopic (exact) mass is 480 g/mol. The van der Waals surface area contributed by atoms with Gasteiger partial charge in [0.1, 0.15) is 11.9 Å². The first-order chi connectivity index (χ1) is 15.6. The summed E-state index contributed by atoms with van der Waals surface area (Å²) >= 11 is 0. The first kappa shape index (κ1) is 23.3. The number of hydrogen-bond acceptors (Lipinski definition) is 8. The molecule has 8 nitrogen and oxygen atoms in total. The SMILES string of the molecule is CN1CCN(c2ccccc2S(=O)(=O)[C@H]2CCN(c3cc(C(F)(F)F)nc(C#N)n3)C2)CC1. The molecule has 12 heteroatoms. The molecular formula is C21H23F3N6O2S. The molecule has 0 bridgehead atoms. The highest BCUT2D eigenvalue weighted by atomic mass is 32.2. The Morgan fingerprint density at radius 3 is 2.42 bits per heavy atom. The summed E-state index contributed by atoms with van der Waals surface area (Å²) in [5, 5.41) is 8.23. The largest absolute Gasteiger partial charge is 0.433 e. The summed E-state index contributed by atoms with van der Waals surface area (Å²) in [5.41, 5.74) is -0.576. The summed E-state index contributed by atoms with van der Waals surface area (Å²) in [5.74, 6) is -0.703. The van der Waals surface area contributed by atoms with E-state index in [9.17, 15) is 21.6 Å². The van der Waals surface area contributed by atoms with Crippen LogP contribution in [0.4, 0.5) is 24.7 Å². The number of halogens is 3. The Kier molecular flexibility index (Phi) is 6.20. The van der Waals surface area contributed by atoms with Gasteiger partial charge in [0, 0.05) is 45.3 Å². The Hall–Kier alpha value is -2.91. The fraction of sp³-hybridized carbons (Fsp3) is 0.476. The second-order valence-electron chi connectivity index (χ2n) is 8.20. The highest BCUT2D eigenvalue weighted by Gasteiger charge is 2.39. The molecule has 0 unspecified atom stereocenters. The van der Waals surface area contributed by atoms with E-state index in [-0.39, 0.29) is 30.2 Å². The normalized spacial score (nSPS) is 20.2. The first-order valence-corrected chi connectivity index (χ1v) is 12.0. The van der Waals surface area contributed by atoms with E-state index in [1.165, 1.54) is 4.90 Å². The van der Waals surface area contributed by atoms with Gasteiger partial charge >= 0.3 is 6.18 Å². The third-order valence-corrected chi connectivity index (χ3v) is 8.25. The molecule has 0 radical (unpaired) electrons. The number of nitrogens with zero attached hydrogens (tertiary/aromatic N) is 6. The molecule has 2 aromatic rings. The van der Waals surface area contributed by atoms with Gasteiger partial charge in [0.15, 0.2) is 15.5 Å². The summed E-state index contributed by atoms with van der Waals surface area (Å²) in [6.07, 6.45) is -4.50. The van der Waals surface area contributed by atoms with Gasteiger partial charge in [0.25, 0.3) is 0 Å². The number of rotatable bonds is 4. The number of hydrogen-bond donors (Lipinski definition) is 0. The minimum atomic E-state index is -4.74. The molecule has 176 valence electrons. The van der Waals surface area contributed by atoms with Crippen molar-refractivity contribution in [2.75, 3.05) is 56.1 Å². The van der Waals surface area contributed by atoms with Gasteiger partial charge in [-0.15, -0.1) is 0 Å². The van der Waals surface area contributed by atoms with Crippen molar-refractivity contribution in [1.82, 2.24) is 14.9 Å². The summed E-state index contributed by atoms with van der Waals surface area (Å²) in [6, 6.07) is 9.17. The number of nitriles is 1. The maximum Gasteiger partial charge on any atom is 0.433 e. The lowest BCUT2D eigenvalue weighted by atomic mass is 10.2. The zero-order valence-electron chi connectivity index (χ0n) is 18.0. The molecule has 2 saturated heterocycles. The van der Waals surface area contributed by atoms with Crippen LogP contribution in [0.15, 0.2) is 35.2 Å². The molecule has 2 aliphatic heterocycles. The number of alkyl halides is 3. The van der Waals surface area contributed by atoms with Gasteiger partial charge in [-0.2, -0.15) is 18.4 Å². The van der Waals surface area contributed by atoms with Crippen LogP contribution in [0.1, 0.15) is 17.9 Å². The molecule has 0 saturated carbocycles. The van der Waals surface area contributed by atoms with Crippen molar-refractivity contribution >= 4 is 21.3 Å². The number of likely N-dealkylation sites (N-methyl/N-ethyl adjacent to an activating group) is 1. The fourth-order valence-corrected chi connectivity index (χ4v) is 6.08. The highest BCUT2D eigenvalue weighted by molar-refractivity contribution is 7.92. The molecule has 2 aliphatic rings. The minimum Gasteiger partial charge on any atom is -0.368 e. The van der Waals surface area contributed by atoms with Crippen LogP contribution < -0.4 is 9.80 Å². The molecule has 3 heterocycles. The molecule has 0 N–H and O–H groups in total. The summed E-state index contributed by atoms with van der Waals surface area (Å²) in [4.78, 5) is 13.0. The minimum absolute atomic E-state index is 0.0153. The Balaban J connectivity index is 1.60. The third kappa shape index (κ3) is 4.74. The molecule has 33 heavy (non-hydrogen) atoms. The van der Waals surface area contributed by atoms with Gasteiger partial charge in [-0.25, -0.2) is 18.4 Å². The molecule has 0 aliphatic carbocycles. The Bertz CT molecular complexity index is 1170. The standard InChI is InChI=1S/C21H23F3N6O2S/c1-28-8-10-29(11-9-28)16-4-2-3-5-17(16)33(31,32)15-6-7-30(14-15)20-12-18(21(22,23)24)26-19(13-25)27-20/h2-5,12,15H,6-11,14H2,1H3/t15-/m0/s1. The maximum atomic E-state index is 13.6. The number of aromatic nitrogens is 2. The van der Waals surface area contributed by atoms with Crippen LogP contribution in [0.2, 0.25) is 0 Å². The topological polar surface area (TPSA) is 93.4 Å². The number of sulfone groups is 1. The van der Waals surface area contributed by atoms with E-state index in [0.29, 0.717) is 18.8 Å². The van der Waals surface area contributed by atoms with E-state index in [2.05, 4.69) is 19.8 Å². The Labute approximate surface area is 190 Å². The van der Waals surface area contributed by atoms with Crippen molar-refractivity contribution < 1.29 is 21.6 Å². The van der Waals surface area contributed by atoms with Crippen molar-refractivity contribution in [1.29, 1.82) is 5.26 Å². The van der Waals surface area contributed by atoms with E-state index in [0.717, 1.165) is 19.2 Å².